The summed E-state index contributed by atoms with van der Waals surface area (Å²) in [7, 11) is 0. The second-order valence-corrected chi connectivity index (χ2v) is 7.56. The van der Waals surface area contributed by atoms with Crippen molar-refractivity contribution in [2.45, 2.75) is 32.5 Å². The molecule has 0 bridgehead atoms. The molecule has 0 aromatic heterocycles. The van der Waals surface area contributed by atoms with Crippen LogP contribution in [0.2, 0.25) is 0 Å². The third-order valence-electron chi connectivity index (χ3n) is 5.37. The fourth-order valence-corrected chi connectivity index (χ4v) is 3.48. The van der Waals surface area contributed by atoms with Gasteiger partial charge >= 0.3 is 6.18 Å². The molecule has 1 aliphatic heterocycles. The van der Waals surface area contributed by atoms with Crippen molar-refractivity contribution in [3.63, 3.8) is 0 Å². The minimum Gasteiger partial charge on any atom is -0.352 e. The summed E-state index contributed by atoms with van der Waals surface area (Å²) >= 11 is 0. The fraction of sp³-hybridized carbons (Fsp3) is 0.364. The number of carbonyl (C=O) groups is 2. The van der Waals surface area contributed by atoms with Gasteiger partial charge in [-0.2, -0.15) is 13.2 Å². The summed E-state index contributed by atoms with van der Waals surface area (Å²) in [5.41, 5.74) is -0.602. The minimum absolute atomic E-state index is 0.172. The summed E-state index contributed by atoms with van der Waals surface area (Å²) in [4.78, 5) is 26.3. The molecule has 0 atom stereocenters. The van der Waals surface area contributed by atoms with Crippen molar-refractivity contribution in [1.29, 1.82) is 0 Å². The van der Waals surface area contributed by atoms with E-state index in [1.165, 1.54) is 11.0 Å². The molecule has 1 aliphatic rings. The zero-order valence-corrected chi connectivity index (χ0v) is 16.7. The maximum absolute atomic E-state index is 13.6. The molecule has 0 aliphatic carbocycles. The first-order chi connectivity index (χ1) is 14.6. The molecule has 1 N–H and O–H groups in total. The molecular weight excluding hydrogens is 419 g/mol. The van der Waals surface area contributed by atoms with Crippen LogP contribution in [-0.4, -0.2) is 29.8 Å². The highest BCUT2D eigenvalue weighted by Crippen LogP contribution is 2.32. The van der Waals surface area contributed by atoms with Crippen LogP contribution in [0, 0.1) is 24.5 Å². The molecule has 1 heterocycles. The van der Waals surface area contributed by atoms with E-state index in [1.807, 2.05) is 0 Å². The third-order valence-corrected chi connectivity index (χ3v) is 5.37. The zero-order chi connectivity index (χ0) is 22.8. The summed E-state index contributed by atoms with van der Waals surface area (Å²) in [6.45, 7) is 2.19. The van der Waals surface area contributed by atoms with Gasteiger partial charge in [0, 0.05) is 31.1 Å². The lowest BCUT2D eigenvalue weighted by Crippen LogP contribution is -2.43. The van der Waals surface area contributed by atoms with Gasteiger partial charge in [0.25, 0.3) is 5.91 Å². The molecule has 31 heavy (non-hydrogen) atoms. The van der Waals surface area contributed by atoms with Crippen molar-refractivity contribution < 1.29 is 31.5 Å². The number of benzene rings is 2. The number of nitrogens with one attached hydrogen (secondary N) is 1. The molecule has 0 unspecified atom stereocenters. The van der Waals surface area contributed by atoms with E-state index in [-0.39, 0.29) is 42.8 Å². The molecule has 0 spiro atoms. The van der Waals surface area contributed by atoms with E-state index in [4.69, 9.17) is 0 Å². The Hall–Kier alpha value is -2.97. The number of nitrogens with zero attached hydrogens (tertiary/aromatic N) is 1. The van der Waals surface area contributed by atoms with E-state index in [1.54, 1.807) is 19.1 Å². The number of amides is 2. The first kappa shape index (κ1) is 22.7. The number of alkyl halides is 3. The van der Waals surface area contributed by atoms with E-state index in [9.17, 15) is 31.5 Å². The largest absolute Gasteiger partial charge is 0.419 e. The van der Waals surface area contributed by atoms with Crippen molar-refractivity contribution in [1.82, 2.24) is 10.2 Å². The van der Waals surface area contributed by atoms with Crippen LogP contribution in [-0.2, 0) is 17.5 Å². The van der Waals surface area contributed by atoms with Crippen molar-refractivity contribution in [2.24, 2.45) is 5.92 Å². The Balaban J connectivity index is 1.56. The molecular formula is C22H21F5N2O2. The minimum atomic E-state index is -4.90. The van der Waals surface area contributed by atoms with Gasteiger partial charge in [0.1, 0.15) is 11.6 Å². The maximum Gasteiger partial charge on any atom is 0.419 e. The second kappa shape index (κ2) is 9.03. The highest BCUT2D eigenvalue weighted by atomic mass is 19.4. The number of hydrogen-bond acceptors (Lipinski definition) is 2. The molecule has 1 fully saturated rings. The normalized spacial score (nSPS) is 15.1. The third kappa shape index (κ3) is 5.39. The SMILES string of the molecule is Cc1ccc(CNC(=O)C2CCN(C(=O)c3ccc(F)c(C(F)(F)F)c3)CC2)cc1F. The Kier molecular flexibility index (Phi) is 6.62. The molecule has 4 nitrogen and oxygen atoms in total. The summed E-state index contributed by atoms with van der Waals surface area (Å²) in [5.74, 6) is -3.02. The molecule has 0 saturated carbocycles. The molecule has 2 amide bonds. The lowest BCUT2D eigenvalue weighted by Gasteiger charge is -2.31. The Morgan fingerprint density at radius 2 is 1.71 bits per heavy atom. The van der Waals surface area contributed by atoms with Crippen molar-refractivity contribution in [3.8, 4) is 0 Å². The van der Waals surface area contributed by atoms with Crippen LogP contribution in [0.1, 0.15) is 39.9 Å². The number of hydrogen-bond donors (Lipinski definition) is 1. The summed E-state index contributed by atoms with van der Waals surface area (Å²) in [5, 5.41) is 2.75. The smallest absolute Gasteiger partial charge is 0.352 e. The molecule has 9 heteroatoms. The van der Waals surface area contributed by atoms with Crippen LogP contribution in [0.15, 0.2) is 36.4 Å². The molecule has 3 rings (SSSR count). The van der Waals surface area contributed by atoms with Crippen LogP contribution in [0.4, 0.5) is 22.0 Å². The number of aryl methyl sites for hydroxylation is 1. The topological polar surface area (TPSA) is 49.4 Å². The average molecular weight is 440 g/mol. The molecule has 2 aromatic carbocycles. The van der Waals surface area contributed by atoms with Gasteiger partial charge < -0.3 is 10.2 Å². The van der Waals surface area contributed by atoms with Gasteiger partial charge in [-0.1, -0.05) is 12.1 Å². The molecule has 2 aromatic rings. The Morgan fingerprint density at radius 1 is 1.03 bits per heavy atom. The first-order valence-corrected chi connectivity index (χ1v) is 9.75. The van der Waals surface area contributed by atoms with Gasteiger partial charge in [-0.25, -0.2) is 8.78 Å². The van der Waals surface area contributed by atoms with Gasteiger partial charge in [-0.15, -0.1) is 0 Å². The van der Waals surface area contributed by atoms with Crippen molar-refractivity contribution in [2.75, 3.05) is 13.1 Å². The number of likely N-dealkylation sites (tertiary alicyclic amines) is 1. The van der Waals surface area contributed by atoms with Crippen molar-refractivity contribution in [3.05, 3.63) is 70.3 Å². The average Bonchev–Trinajstić information content (AvgIpc) is 2.73. The van der Waals surface area contributed by atoms with Crippen LogP contribution < -0.4 is 5.32 Å². The number of piperidine rings is 1. The number of carbonyl (C=O) groups excluding carboxylic acids is 2. The van der Waals surface area contributed by atoms with E-state index in [2.05, 4.69) is 5.32 Å². The highest BCUT2D eigenvalue weighted by Gasteiger charge is 2.35. The van der Waals surface area contributed by atoms with Crippen molar-refractivity contribution >= 4 is 11.8 Å². The van der Waals surface area contributed by atoms with Crippen LogP contribution >= 0.6 is 0 Å². The molecule has 0 radical (unpaired) electrons. The van der Waals surface area contributed by atoms with E-state index >= 15 is 0 Å². The summed E-state index contributed by atoms with van der Waals surface area (Å²) in [6.07, 6.45) is -4.22. The predicted molar refractivity (Wildman–Crippen MR) is 103 cm³/mol. The van der Waals surface area contributed by atoms with Crippen LogP contribution in [0.25, 0.3) is 0 Å². The predicted octanol–water partition coefficient (Wildman–Crippen LogP) is 4.46. The first-order valence-electron chi connectivity index (χ1n) is 9.75. The lowest BCUT2D eigenvalue weighted by molar-refractivity contribution is -0.140. The van der Waals surface area contributed by atoms with E-state index in [0.717, 1.165) is 6.07 Å². The second-order valence-electron chi connectivity index (χ2n) is 7.56. The van der Waals surface area contributed by atoms with Crippen LogP contribution in [0.5, 0.6) is 0 Å². The fourth-order valence-electron chi connectivity index (χ4n) is 3.48. The quantitative estimate of drug-likeness (QED) is 0.714. The number of halogens is 5. The Morgan fingerprint density at radius 3 is 2.32 bits per heavy atom. The Bertz CT molecular complexity index is 982. The number of rotatable bonds is 4. The van der Waals surface area contributed by atoms with Gasteiger partial charge in [0.2, 0.25) is 5.91 Å². The summed E-state index contributed by atoms with van der Waals surface area (Å²) in [6, 6.07) is 6.86. The van der Waals surface area contributed by atoms with Gasteiger partial charge in [-0.3, -0.25) is 9.59 Å². The molecule has 1 saturated heterocycles. The van der Waals surface area contributed by atoms with Gasteiger partial charge in [0.05, 0.1) is 5.56 Å². The van der Waals surface area contributed by atoms with Gasteiger partial charge in [0.15, 0.2) is 0 Å². The van der Waals surface area contributed by atoms with Gasteiger partial charge in [-0.05, 0) is 55.2 Å². The maximum atomic E-state index is 13.6. The van der Waals surface area contributed by atoms with E-state index < -0.39 is 23.5 Å². The Labute approximate surface area is 176 Å². The standard InChI is InChI=1S/C22H21F5N2O2/c1-13-2-3-14(10-19(13)24)12-28-20(30)15-6-8-29(9-7-15)21(31)16-4-5-18(23)17(11-16)22(25,26)27/h2-5,10-11,15H,6-9,12H2,1H3,(H,28,30). The monoisotopic (exact) mass is 440 g/mol. The lowest BCUT2D eigenvalue weighted by atomic mass is 9.95. The van der Waals surface area contributed by atoms with E-state index in [0.29, 0.717) is 36.1 Å². The zero-order valence-electron chi connectivity index (χ0n) is 16.7. The highest BCUT2D eigenvalue weighted by molar-refractivity contribution is 5.94. The summed E-state index contributed by atoms with van der Waals surface area (Å²) < 4.78 is 65.7. The molecule has 166 valence electrons. The van der Waals surface area contributed by atoms with Crippen LogP contribution in [0.3, 0.4) is 0 Å².